The lowest BCUT2D eigenvalue weighted by molar-refractivity contribution is -0.118. The molecular formula is C20H25N3O3. The van der Waals surface area contributed by atoms with E-state index in [9.17, 15) is 4.79 Å². The number of piperidine rings is 1. The minimum absolute atomic E-state index is 0.0537. The number of nitrogens with zero attached hydrogens (tertiary/aromatic N) is 2. The molecule has 26 heavy (non-hydrogen) atoms. The molecule has 0 saturated carbocycles. The van der Waals surface area contributed by atoms with E-state index in [2.05, 4.69) is 15.2 Å². The van der Waals surface area contributed by atoms with Crippen molar-refractivity contribution in [1.82, 2.24) is 4.98 Å². The summed E-state index contributed by atoms with van der Waals surface area (Å²) >= 11 is 0. The zero-order valence-corrected chi connectivity index (χ0v) is 15.1. The molecule has 2 aromatic rings. The van der Waals surface area contributed by atoms with Crippen molar-refractivity contribution < 1.29 is 14.3 Å². The molecule has 3 rings (SSSR count). The van der Waals surface area contributed by atoms with Crippen molar-refractivity contribution in [1.29, 1.82) is 0 Å². The van der Waals surface area contributed by atoms with Crippen molar-refractivity contribution in [3.05, 3.63) is 42.6 Å². The van der Waals surface area contributed by atoms with Crippen molar-refractivity contribution in [2.75, 3.05) is 36.5 Å². The lowest BCUT2D eigenvalue weighted by Gasteiger charge is -2.27. The van der Waals surface area contributed by atoms with Gasteiger partial charge in [0.25, 0.3) is 5.91 Å². The normalized spacial score (nSPS) is 14.0. The fourth-order valence-electron chi connectivity index (χ4n) is 2.91. The van der Waals surface area contributed by atoms with Gasteiger partial charge in [-0.2, -0.15) is 0 Å². The summed E-state index contributed by atoms with van der Waals surface area (Å²) in [5.41, 5.74) is 0.672. The molecule has 1 aliphatic heterocycles. The standard InChI is InChI=1S/C20H25N3O3/c1-2-25-17-7-9-18(10-8-17)26-15-20(24)22-16-6-11-19(21-14-16)23-12-4-3-5-13-23/h6-11,14H,2-5,12-13,15H2,1H3,(H,22,24). The number of ether oxygens (including phenoxy) is 2. The zero-order valence-electron chi connectivity index (χ0n) is 15.1. The fourth-order valence-corrected chi connectivity index (χ4v) is 2.91. The van der Waals surface area contributed by atoms with Gasteiger partial charge in [-0.1, -0.05) is 0 Å². The van der Waals surface area contributed by atoms with Crippen molar-refractivity contribution in [3.63, 3.8) is 0 Å². The van der Waals surface area contributed by atoms with E-state index < -0.39 is 0 Å². The Kier molecular flexibility index (Phi) is 6.30. The van der Waals surface area contributed by atoms with Gasteiger partial charge in [-0.15, -0.1) is 0 Å². The van der Waals surface area contributed by atoms with Crippen LogP contribution in [0.15, 0.2) is 42.6 Å². The van der Waals surface area contributed by atoms with Gasteiger partial charge in [0.05, 0.1) is 18.5 Å². The number of hydrogen-bond acceptors (Lipinski definition) is 5. The Morgan fingerprint density at radius 3 is 2.35 bits per heavy atom. The van der Waals surface area contributed by atoms with Crippen molar-refractivity contribution >= 4 is 17.4 Å². The molecule has 1 aliphatic rings. The number of hydrogen-bond donors (Lipinski definition) is 1. The summed E-state index contributed by atoms with van der Waals surface area (Å²) in [6, 6.07) is 11.0. The number of pyridine rings is 1. The molecule has 0 radical (unpaired) electrons. The molecule has 1 aromatic carbocycles. The fraction of sp³-hybridized carbons (Fsp3) is 0.400. The van der Waals surface area contributed by atoms with E-state index in [-0.39, 0.29) is 12.5 Å². The predicted molar refractivity (Wildman–Crippen MR) is 102 cm³/mol. The molecule has 1 aromatic heterocycles. The molecular weight excluding hydrogens is 330 g/mol. The van der Waals surface area contributed by atoms with Crippen LogP contribution in [0.1, 0.15) is 26.2 Å². The number of nitrogens with one attached hydrogen (secondary N) is 1. The van der Waals surface area contributed by atoms with Gasteiger partial charge in [0, 0.05) is 13.1 Å². The van der Waals surface area contributed by atoms with Gasteiger partial charge in [0.15, 0.2) is 6.61 Å². The monoisotopic (exact) mass is 355 g/mol. The Morgan fingerprint density at radius 1 is 1.04 bits per heavy atom. The predicted octanol–water partition coefficient (Wildman–Crippen LogP) is 3.49. The van der Waals surface area contributed by atoms with Crippen molar-refractivity contribution in [2.45, 2.75) is 26.2 Å². The maximum Gasteiger partial charge on any atom is 0.262 e. The summed E-state index contributed by atoms with van der Waals surface area (Å²) in [4.78, 5) is 18.8. The van der Waals surface area contributed by atoms with Crippen molar-refractivity contribution in [3.8, 4) is 11.5 Å². The second-order valence-electron chi connectivity index (χ2n) is 6.19. The molecule has 6 nitrogen and oxygen atoms in total. The molecule has 1 saturated heterocycles. The number of anilines is 2. The average molecular weight is 355 g/mol. The molecule has 138 valence electrons. The van der Waals surface area contributed by atoms with E-state index in [0.29, 0.717) is 18.0 Å². The van der Waals surface area contributed by atoms with Gasteiger partial charge in [0.1, 0.15) is 17.3 Å². The second kappa shape index (κ2) is 9.08. The summed E-state index contributed by atoms with van der Waals surface area (Å²) in [5.74, 6) is 2.16. The van der Waals surface area contributed by atoms with E-state index in [1.807, 2.05) is 31.2 Å². The van der Waals surface area contributed by atoms with Crippen LogP contribution in [0.3, 0.4) is 0 Å². The Morgan fingerprint density at radius 2 is 1.73 bits per heavy atom. The first kappa shape index (κ1) is 18.0. The lowest BCUT2D eigenvalue weighted by Crippen LogP contribution is -2.30. The molecule has 1 amide bonds. The molecule has 0 aliphatic carbocycles. The van der Waals surface area contributed by atoms with E-state index in [4.69, 9.17) is 9.47 Å². The molecule has 1 N–H and O–H groups in total. The summed E-state index contributed by atoms with van der Waals surface area (Å²) < 4.78 is 10.9. The number of benzene rings is 1. The van der Waals surface area contributed by atoms with Crippen molar-refractivity contribution in [2.24, 2.45) is 0 Å². The summed E-state index contributed by atoms with van der Waals surface area (Å²) in [7, 11) is 0. The maximum atomic E-state index is 12.0. The first-order valence-electron chi connectivity index (χ1n) is 9.11. The van der Waals surface area contributed by atoms with E-state index in [0.717, 1.165) is 24.7 Å². The highest BCUT2D eigenvalue weighted by molar-refractivity contribution is 5.91. The molecule has 1 fully saturated rings. The Labute approximate surface area is 154 Å². The molecule has 2 heterocycles. The van der Waals surface area contributed by atoms with Crippen LogP contribution >= 0.6 is 0 Å². The van der Waals surface area contributed by atoms with Gasteiger partial charge in [0.2, 0.25) is 0 Å². The molecule has 6 heteroatoms. The van der Waals surface area contributed by atoms with Gasteiger partial charge in [-0.05, 0) is 62.6 Å². The third kappa shape index (κ3) is 5.12. The first-order valence-corrected chi connectivity index (χ1v) is 9.11. The molecule has 0 bridgehead atoms. The van der Waals surface area contributed by atoms with E-state index in [1.54, 1.807) is 18.3 Å². The Hall–Kier alpha value is -2.76. The van der Waals surface area contributed by atoms with Crippen LogP contribution in [0.25, 0.3) is 0 Å². The number of aromatic nitrogens is 1. The van der Waals surface area contributed by atoms with E-state index in [1.165, 1.54) is 19.3 Å². The quantitative estimate of drug-likeness (QED) is 0.824. The van der Waals surface area contributed by atoms with Crippen LogP contribution < -0.4 is 19.7 Å². The highest BCUT2D eigenvalue weighted by Crippen LogP contribution is 2.19. The summed E-state index contributed by atoms with van der Waals surface area (Å²) in [6.45, 7) is 4.60. The zero-order chi connectivity index (χ0) is 18.2. The Balaban J connectivity index is 1.46. The number of carbonyl (C=O) groups is 1. The topological polar surface area (TPSA) is 63.7 Å². The van der Waals surface area contributed by atoms with Crippen LogP contribution in [0, 0.1) is 0 Å². The summed E-state index contributed by atoms with van der Waals surface area (Å²) in [5, 5.41) is 2.80. The van der Waals surface area contributed by atoms with Crippen LogP contribution in [0.4, 0.5) is 11.5 Å². The minimum Gasteiger partial charge on any atom is -0.494 e. The molecule has 0 unspecified atom stereocenters. The Bertz CT molecular complexity index is 695. The third-order valence-electron chi connectivity index (χ3n) is 4.22. The largest absolute Gasteiger partial charge is 0.494 e. The summed E-state index contributed by atoms with van der Waals surface area (Å²) in [6.07, 6.45) is 5.41. The third-order valence-corrected chi connectivity index (χ3v) is 4.22. The SMILES string of the molecule is CCOc1ccc(OCC(=O)Nc2ccc(N3CCCCC3)nc2)cc1. The van der Waals surface area contributed by atoms with Gasteiger partial charge in [-0.3, -0.25) is 4.79 Å². The maximum absolute atomic E-state index is 12.0. The number of amides is 1. The number of carbonyl (C=O) groups excluding carboxylic acids is 1. The van der Waals surface area contributed by atoms with Gasteiger partial charge >= 0.3 is 0 Å². The van der Waals surface area contributed by atoms with Crippen LogP contribution in [-0.2, 0) is 4.79 Å². The molecule has 0 atom stereocenters. The average Bonchev–Trinajstić information content (AvgIpc) is 2.69. The van der Waals surface area contributed by atoms with Crippen LogP contribution in [0.5, 0.6) is 11.5 Å². The molecule has 0 spiro atoms. The smallest absolute Gasteiger partial charge is 0.262 e. The van der Waals surface area contributed by atoms with E-state index >= 15 is 0 Å². The van der Waals surface area contributed by atoms with Crippen LogP contribution in [-0.4, -0.2) is 37.2 Å². The van der Waals surface area contributed by atoms with Gasteiger partial charge in [-0.25, -0.2) is 4.98 Å². The highest BCUT2D eigenvalue weighted by Gasteiger charge is 2.12. The first-order chi connectivity index (χ1) is 12.7. The lowest BCUT2D eigenvalue weighted by atomic mass is 10.1. The second-order valence-corrected chi connectivity index (χ2v) is 6.19. The van der Waals surface area contributed by atoms with Crippen LogP contribution in [0.2, 0.25) is 0 Å². The highest BCUT2D eigenvalue weighted by atomic mass is 16.5. The van der Waals surface area contributed by atoms with Gasteiger partial charge < -0.3 is 19.7 Å². The number of rotatable bonds is 7. The minimum atomic E-state index is -0.216.